The molecule has 0 spiro atoms. The second kappa shape index (κ2) is 6.11. The second-order valence-electron chi connectivity index (χ2n) is 5.06. The van der Waals surface area contributed by atoms with E-state index in [2.05, 4.69) is 30.6 Å². The van der Waals surface area contributed by atoms with E-state index in [0.717, 1.165) is 10.9 Å². The van der Waals surface area contributed by atoms with Gasteiger partial charge in [-0.05, 0) is 43.6 Å². The van der Waals surface area contributed by atoms with Crippen molar-refractivity contribution in [3.05, 3.63) is 41.7 Å². The molecule has 0 radical (unpaired) electrons. The third-order valence-corrected chi connectivity index (χ3v) is 3.03. The Kier molecular flexibility index (Phi) is 4.02. The van der Waals surface area contributed by atoms with Gasteiger partial charge in [-0.3, -0.25) is 0 Å². The summed E-state index contributed by atoms with van der Waals surface area (Å²) in [6.45, 7) is 3.99. The molecule has 2 heterocycles. The zero-order valence-corrected chi connectivity index (χ0v) is 13.0. The first-order valence-corrected chi connectivity index (χ1v) is 7.29. The Balaban J connectivity index is 1.89. The molecule has 0 atom stereocenters. The topological polar surface area (TPSA) is 75.6 Å². The Labute approximate surface area is 133 Å². The Bertz CT molecular complexity index is 805. The molecule has 3 aromatic rings. The number of anilines is 3. The van der Waals surface area contributed by atoms with Gasteiger partial charge in [0.2, 0.25) is 17.2 Å². The minimum atomic E-state index is 0.126. The molecule has 0 bridgehead atoms. The molecule has 22 heavy (non-hydrogen) atoms. The lowest BCUT2D eigenvalue weighted by Crippen LogP contribution is -2.14. The molecule has 6 nitrogen and oxygen atoms in total. The molecular formula is C15H15ClN6. The fourth-order valence-electron chi connectivity index (χ4n) is 1.98. The zero-order chi connectivity index (χ0) is 15.5. The van der Waals surface area contributed by atoms with Crippen molar-refractivity contribution < 1.29 is 0 Å². The van der Waals surface area contributed by atoms with E-state index in [1.165, 1.54) is 0 Å². The number of pyridine rings is 1. The summed E-state index contributed by atoms with van der Waals surface area (Å²) in [5.74, 6) is 1.43. The quantitative estimate of drug-likeness (QED) is 0.765. The van der Waals surface area contributed by atoms with Crippen LogP contribution in [0.4, 0.5) is 17.7 Å². The van der Waals surface area contributed by atoms with Crippen LogP contribution in [-0.2, 0) is 0 Å². The highest BCUT2D eigenvalue weighted by Gasteiger charge is 2.07. The highest BCUT2D eigenvalue weighted by atomic mass is 35.5. The molecule has 3 rings (SSSR count). The van der Waals surface area contributed by atoms with Crippen LogP contribution in [0.1, 0.15) is 13.8 Å². The summed E-state index contributed by atoms with van der Waals surface area (Å²) >= 11 is 5.93. The van der Waals surface area contributed by atoms with Crippen LogP contribution in [0, 0.1) is 0 Å². The molecule has 1 aromatic carbocycles. The van der Waals surface area contributed by atoms with Gasteiger partial charge in [0.25, 0.3) is 0 Å². The molecule has 0 unspecified atom stereocenters. The number of hydrogen-bond acceptors (Lipinski definition) is 6. The minimum Gasteiger partial charge on any atom is -0.352 e. The predicted molar refractivity (Wildman–Crippen MR) is 88.6 cm³/mol. The monoisotopic (exact) mass is 314 g/mol. The lowest BCUT2D eigenvalue weighted by Gasteiger charge is -2.10. The number of fused-ring (bicyclic) bond motifs is 1. The normalized spacial score (nSPS) is 10.9. The van der Waals surface area contributed by atoms with Gasteiger partial charge in [0.15, 0.2) is 0 Å². The largest absolute Gasteiger partial charge is 0.352 e. The van der Waals surface area contributed by atoms with Gasteiger partial charge >= 0.3 is 0 Å². The Morgan fingerprint density at radius 3 is 2.50 bits per heavy atom. The molecule has 2 aromatic heterocycles. The Morgan fingerprint density at radius 1 is 0.909 bits per heavy atom. The van der Waals surface area contributed by atoms with Crippen molar-refractivity contribution >= 4 is 40.2 Å². The number of nitrogens with one attached hydrogen (secondary N) is 2. The standard InChI is InChI=1S/C15H15ClN6/c1-9(2)17-14-20-13(16)21-15(22-14)19-12-8-7-10-5-3-4-6-11(10)18-12/h3-9H,1-2H3,(H2,17,18,19,20,21,22). The van der Waals surface area contributed by atoms with Gasteiger partial charge in [-0.25, -0.2) is 4.98 Å². The van der Waals surface area contributed by atoms with Gasteiger partial charge in [0.05, 0.1) is 5.52 Å². The van der Waals surface area contributed by atoms with Crippen molar-refractivity contribution in [1.82, 2.24) is 19.9 Å². The van der Waals surface area contributed by atoms with E-state index < -0.39 is 0 Å². The highest BCUT2D eigenvalue weighted by molar-refractivity contribution is 6.28. The first kappa shape index (κ1) is 14.5. The lowest BCUT2D eigenvalue weighted by molar-refractivity contribution is 0.868. The molecular weight excluding hydrogens is 300 g/mol. The van der Waals surface area contributed by atoms with E-state index >= 15 is 0 Å². The van der Waals surface area contributed by atoms with Crippen molar-refractivity contribution in [3.8, 4) is 0 Å². The molecule has 0 aliphatic heterocycles. The number of benzene rings is 1. The van der Waals surface area contributed by atoms with Crippen LogP contribution in [0.3, 0.4) is 0 Å². The summed E-state index contributed by atoms with van der Waals surface area (Å²) in [4.78, 5) is 16.9. The molecule has 0 amide bonds. The van der Waals surface area contributed by atoms with E-state index in [0.29, 0.717) is 17.7 Å². The third kappa shape index (κ3) is 3.40. The van der Waals surface area contributed by atoms with Crippen molar-refractivity contribution in [2.45, 2.75) is 19.9 Å². The second-order valence-corrected chi connectivity index (χ2v) is 5.40. The van der Waals surface area contributed by atoms with Crippen LogP contribution < -0.4 is 10.6 Å². The molecule has 0 aliphatic carbocycles. The summed E-state index contributed by atoms with van der Waals surface area (Å²) in [6.07, 6.45) is 0. The van der Waals surface area contributed by atoms with E-state index in [-0.39, 0.29) is 11.3 Å². The van der Waals surface area contributed by atoms with Crippen LogP contribution >= 0.6 is 11.6 Å². The number of aromatic nitrogens is 4. The minimum absolute atomic E-state index is 0.126. The summed E-state index contributed by atoms with van der Waals surface area (Å²) in [7, 11) is 0. The average molecular weight is 315 g/mol. The van der Waals surface area contributed by atoms with Crippen molar-refractivity contribution in [1.29, 1.82) is 0 Å². The first-order chi connectivity index (χ1) is 10.6. The summed E-state index contributed by atoms with van der Waals surface area (Å²) in [5.41, 5.74) is 0.896. The molecule has 0 fully saturated rings. The Morgan fingerprint density at radius 2 is 1.68 bits per heavy atom. The van der Waals surface area contributed by atoms with Gasteiger partial charge < -0.3 is 10.6 Å². The number of halogens is 1. The fraction of sp³-hybridized carbons (Fsp3) is 0.200. The van der Waals surface area contributed by atoms with Gasteiger partial charge in [0.1, 0.15) is 5.82 Å². The SMILES string of the molecule is CC(C)Nc1nc(Cl)nc(Nc2ccc3ccccc3n2)n1. The van der Waals surface area contributed by atoms with E-state index in [9.17, 15) is 0 Å². The van der Waals surface area contributed by atoms with Crippen LogP contribution in [0.2, 0.25) is 5.28 Å². The summed E-state index contributed by atoms with van der Waals surface area (Å²) in [5, 5.41) is 7.35. The highest BCUT2D eigenvalue weighted by Crippen LogP contribution is 2.18. The predicted octanol–water partition coefficient (Wildman–Crippen LogP) is 3.64. The number of para-hydroxylation sites is 1. The fourth-order valence-corrected chi connectivity index (χ4v) is 2.14. The van der Waals surface area contributed by atoms with Gasteiger partial charge in [0, 0.05) is 11.4 Å². The summed E-state index contributed by atoms with van der Waals surface area (Å²) < 4.78 is 0. The number of hydrogen-bond donors (Lipinski definition) is 2. The molecule has 0 aliphatic rings. The maximum atomic E-state index is 5.93. The first-order valence-electron chi connectivity index (χ1n) is 6.91. The van der Waals surface area contributed by atoms with Crippen LogP contribution in [0.5, 0.6) is 0 Å². The van der Waals surface area contributed by atoms with Crippen LogP contribution in [0.15, 0.2) is 36.4 Å². The third-order valence-electron chi connectivity index (χ3n) is 2.86. The van der Waals surface area contributed by atoms with Gasteiger partial charge in [-0.15, -0.1) is 0 Å². The average Bonchev–Trinajstić information content (AvgIpc) is 2.45. The zero-order valence-electron chi connectivity index (χ0n) is 12.2. The van der Waals surface area contributed by atoms with E-state index in [4.69, 9.17) is 11.6 Å². The van der Waals surface area contributed by atoms with E-state index in [1.54, 1.807) is 0 Å². The molecule has 2 N–H and O–H groups in total. The van der Waals surface area contributed by atoms with Crippen molar-refractivity contribution in [3.63, 3.8) is 0 Å². The smallest absolute Gasteiger partial charge is 0.234 e. The maximum Gasteiger partial charge on any atom is 0.234 e. The van der Waals surface area contributed by atoms with Gasteiger partial charge in [-0.2, -0.15) is 15.0 Å². The van der Waals surface area contributed by atoms with E-state index in [1.807, 2.05) is 50.2 Å². The molecule has 7 heteroatoms. The van der Waals surface area contributed by atoms with Crippen LogP contribution in [-0.4, -0.2) is 26.0 Å². The Hall–Kier alpha value is -2.47. The molecule has 0 saturated carbocycles. The molecule has 112 valence electrons. The van der Waals surface area contributed by atoms with Crippen LogP contribution in [0.25, 0.3) is 10.9 Å². The van der Waals surface area contributed by atoms with Gasteiger partial charge in [-0.1, -0.05) is 18.2 Å². The number of nitrogens with zero attached hydrogens (tertiary/aromatic N) is 4. The molecule has 0 saturated heterocycles. The summed E-state index contributed by atoms with van der Waals surface area (Å²) in [6, 6.07) is 11.9. The van der Waals surface area contributed by atoms with Crippen molar-refractivity contribution in [2.24, 2.45) is 0 Å². The van der Waals surface area contributed by atoms with Crippen molar-refractivity contribution in [2.75, 3.05) is 10.6 Å². The number of rotatable bonds is 4. The maximum absolute atomic E-state index is 5.93. The lowest BCUT2D eigenvalue weighted by atomic mass is 10.2.